The summed E-state index contributed by atoms with van der Waals surface area (Å²) in [5.74, 6) is 0.723. The fourth-order valence-corrected chi connectivity index (χ4v) is 1.95. The number of ether oxygens (including phenoxy) is 1. The molecule has 0 unspecified atom stereocenters. The van der Waals surface area contributed by atoms with E-state index in [1.165, 1.54) is 17.8 Å². The molecule has 0 spiro atoms. The van der Waals surface area contributed by atoms with Crippen molar-refractivity contribution < 1.29 is 14.3 Å². The normalized spacial score (nSPS) is 10.2. The van der Waals surface area contributed by atoms with Crippen LogP contribution in [0.25, 0.3) is 0 Å². The van der Waals surface area contributed by atoms with Crippen molar-refractivity contribution >= 4 is 17.6 Å². The Morgan fingerprint density at radius 1 is 1.26 bits per heavy atom. The van der Waals surface area contributed by atoms with Gasteiger partial charge in [0.05, 0.1) is 13.3 Å². The number of anilines is 1. The Hall–Kier alpha value is -2.90. The number of nitrogens with one attached hydrogen (secondary N) is 2. The average Bonchev–Trinajstić information content (AvgIpc) is 2.94. The number of nitrogens with zero attached hydrogens (tertiary/aromatic N) is 3. The Labute approximate surface area is 133 Å². The predicted octanol–water partition coefficient (Wildman–Crippen LogP) is 0.604. The fourth-order valence-electron chi connectivity index (χ4n) is 1.95. The maximum atomic E-state index is 11.8. The molecule has 1 aromatic heterocycles. The van der Waals surface area contributed by atoms with E-state index < -0.39 is 0 Å². The molecule has 0 bridgehead atoms. The second-order valence-corrected chi connectivity index (χ2v) is 4.93. The van der Waals surface area contributed by atoms with Gasteiger partial charge in [0.25, 0.3) is 0 Å². The van der Waals surface area contributed by atoms with Gasteiger partial charge in [-0.2, -0.15) is 0 Å². The van der Waals surface area contributed by atoms with Crippen LogP contribution in [0.2, 0.25) is 0 Å². The van der Waals surface area contributed by atoms with Crippen LogP contribution in [-0.4, -0.2) is 40.5 Å². The van der Waals surface area contributed by atoms with Crippen molar-refractivity contribution in [1.29, 1.82) is 0 Å². The van der Waals surface area contributed by atoms with Gasteiger partial charge in [0.2, 0.25) is 11.8 Å². The van der Waals surface area contributed by atoms with Crippen molar-refractivity contribution in [2.45, 2.75) is 19.9 Å². The van der Waals surface area contributed by atoms with Crippen LogP contribution >= 0.6 is 0 Å². The molecular formula is C15H19N5O3. The number of aromatic nitrogens is 3. The van der Waals surface area contributed by atoms with Crippen LogP contribution in [0.3, 0.4) is 0 Å². The molecule has 0 fully saturated rings. The third-order valence-electron chi connectivity index (χ3n) is 3.04. The van der Waals surface area contributed by atoms with E-state index in [4.69, 9.17) is 4.74 Å². The van der Waals surface area contributed by atoms with Gasteiger partial charge in [-0.15, -0.1) is 5.10 Å². The molecule has 2 N–H and O–H groups in total. The van der Waals surface area contributed by atoms with Crippen molar-refractivity contribution in [1.82, 2.24) is 20.3 Å². The minimum atomic E-state index is -0.235. The third-order valence-corrected chi connectivity index (χ3v) is 3.04. The lowest BCUT2D eigenvalue weighted by atomic mass is 10.1. The molecule has 8 heteroatoms. The number of hydrogen-bond acceptors (Lipinski definition) is 5. The molecule has 122 valence electrons. The van der Waals surface area contributed by atoms with Crippen molar-refractivity contribution in [3.05, 3.63) is 36.0 Å². The van der Waals surface area contributed by atoms with Gasteiger partial charge < -0.3 is 15.4 Å². The number of methoxy groups -OCH3 is 1. The quantitative estimate of drug-likeness (QED) is 0.779. The van der Waals surface area contributed by atoms with E-state index in [0.29, 0.717) is 12.4 Å². The highest BCUT2D eigenvalue weighted by Crippen LogP contribution is 2.11. The summed E-state index contributed by atoms with van der Waals surface area (Å²) in [6.07, 6.45) is 2.23. The van der Waals surface area contributed by atoms with Gasteiger partial charge >= 0.3 is 0 Å². The van der Waals surface area contributed by atoms with E-state index in [9.17, 15) is 9.59 Å². The van der Waals surface area contributed by atoms with Crippen LogP contribution in [0.4, 0.5) is 5.82 Å². The van der Waals surface area contributed by atoms with Gasteiger partial charge in [-0.3, -0.25) is 9.59 Å². The van der Waals surface area contributed by atoms with Crippen LogP contribution in [-0.2, 0) is 22.6 Å². The molecule has 1 aromatic carbocycles. The molecule has 2 amide bonds. The Balaban J connectivity index is 1.74. The molecule has 2 aromatic rings. The molecule has 0 atom stereocenters. The van der Waals surface area contributed by atoms with E-state index in [2.05, 4.69) is 20.9 Å². The first-order valence-electron chi connectivity index (χ1n) is 7.14. The first-order chi connectivity index (χ1) is 11.1. The van der Waals surface area contributed by atoms with Crippen molar-refractivity contribution in [3.8, 4) is 5.75 Å². The molecular weight excluding hydrogens is 298 g/mol. The van der Waals surface area contributed by atoms with Crippen LogP contribution < -0.4 is 15.4 Å². The van der Waals surface area contributed by atoms with Gasteiger partial charge in [0.15, 0.2) is 5.82 Å². The smallest absolute Gasteiger partial charge is 0.241 e. The molecule has 0 aliphatic heterocycles. The summed E-state index contributed by atoms with van der Waals surface area (Å²) in [4.78, 5) is 22.7. The van der Waals surface area contributed by atoms with Crippen LogP contribution in [0.15, 0.2) is 30.5 Å². The summed E-state index contributed by atoms with van der Waals surface area (Å²) >= 11 is 0. The van der Waals surface area contributed by atoms with Gasteiger partial charge in [-0.1, -0.05) is 17.3 Å². The molecule has 0 aliphatic rings. The lowest BCUT2D eigenvalue weighted by Gasteiger charge is -2.06. The summed E-state index contributed by atoms with van der Waals surface area (Å²) in [6, 6.07) is 7.69. The van der Waals surface area contributed by atoms with Crippen molar-refractivity contribution in [2.75, 3.05) is 19.0 Å². The maximum absolute atomic E-state index is 11.8. The summed E-state index contributed by atoms with van der Waals surface area (Å²) < 4.78 is 6.46. The molecule has 0 saturated carbocycles. The first-order valence-corrected chi connectivity index (χ1v) is 7.14. The SMILES string of the molecule is COc1ccc(CCNC(=O)Cn2cc(NC(C)=O)nn2)cc1. The zero-order valence-corrected chi connectivity index (χ0v) is 13.1. The molecule has 0 aliphatic carbocycles. The number of benzene rings is 1. The minimum Gasteiger partial charge on any atom is -0.497 e. The number of carbonyl (C=O) groups excluding carboxylic acids is 2. The summed E-state index contributed by atoms with van der Waals surface area (Å²) in [5, 5.41) is 12.8. The van der Waals surface area contributed by atoms with Gasteiger partial charge in [-0.25, -0.2) is 4.68 Å². The van der Waals surface area contributed by atoms with E-state index in [1.54, 1.807) is 7.11 Å². The third kappa shape index (κ3) is 5.42. The first kappa shape index (κ1) is 16.5. The highest BCUT2D eigenvalue weighted by Gasteiger charge is 2.06. The maximum Gasteiger partial charge on any atom is 0.241 e. The van der Waals surface area contributed by atoms with E-state index in [1.807, 2.05) is 24.3 Å². The highest BCUT2D eigenvalue weighted by atomic mass is 16.5. The standard InChI is InChI=1S/C15H19N5O3/c1-11(21)17-14-9-20(19-18-14)10-15(22)16-8-7-12-3-5-13(23-2)6-4-12/h3-6,9H,7-8,10H2,1-2H3,(H,16,22)(H,17,21). The Morgan fingerprint density at radius 3 is 2.65 bits per heavy atom. The zero-order valence-electron chi connectivity index (χ0n) is 13.1. The zero-order chi connectivity index (χ0) is 16.7. The number of carbonyl (C=O) groups is 2. The number of rotatable bonds is 7. The fraction of sp³-hybridized carbons (Fsp3) is 0.333. The van der Waals surface area contributed by atoms with Gasteiger partial charge in [0, 0.05) is 13.5 Å². The largest absolute Gasteiger partial charge is 0.497 e. The molecule has 23 heavy (non-hydrogen) atoms. The predicted molar refractivity (Wildman–Crippen MR) is 84.0 cm³/mol. The second-order valence-electron chi connectivity index (χ2n) is 4.93. The molecule has 0 saturated heterocycles. The van der Waals surface area contributed by atoms with Gasteiger partial charge in [-0.05, 0) is 24.1 Å². The molecule has 0 radical (unpaired) electrons. The van der Waals surface area contributed by atoms with Crippen molar-refractivity contribution in [2.24, 2.45) is 0 Å². The lowest BCUT2D eigenvalue weighted by molar-refractivity contribution is -0.121. The Kier molecular flexibility index (Phi) is 5.67. The molecule has 8 nitrogen and oxygen atoms in total. The van der Waals surface area contributed by atoms with Crippen LogP contribution in [0.5, 0.6) is 5.75 Å². The number of hydrogen-bond donors (Lipinski definition) is 2. The second kappa shape index (κ2) is 7.92. The molecule has 1 heterocycles. The summed E-state index contributed by atoms with van der Waals surface area (Å²) in [6.45, 7) is 1.96. The average molecular weight is 317 g/mol. The summed E-state index contributed by atoms with van der Waals surface area (Å²) in [7, 11) is 1.62. The molecule has 2 rings (SSSR count). The minimum absolute atomic E-state index is 0.0508. The van der Waals surface area contributed by atoms with E-state index >= 15 is 0 Å². The monoisotopic (exact) mass is 317 g/mol. The van der Waals surface area contributed by atoms with E-state index in [-0.39, 0.29) is 18.4 Å². The van der Waals surface area contributed by atoms with Crippen LogP contribution in [0, 0.1) is 0 Å². The Morgan fingerprint density at radius 2 is 2.00 bits per heavy atom. The van der Waals surface area contributed by atoms with Crippen LogP contribution in [0.1, 0.15) is 12.5 Å². The topological polar surface area (TPSA) is 98.1 Å². The summed E-state index contributed by atoms with van der Waals surface area (Å²) in [5.41, 5.74) is 1.11. The Bertz CT molecular complexity index is 666. The van der Waals surface area contributed by atoms with Crippen molar-refractivity contribution in [3.63, 3.8) is 0 Å². The highest BCUT2D eigenvalue weighted by molar-refractivity contribution is 5.87. The lowest BCUT2D eigenvalue weighted by Crippen LogP contribution is -2.29. The van der Waals surface area contributed by atoms with Gasteiger partial charge in [0.1, 0.15) is 12.3 Å². The number of amides is 2. The van der Waals surface area contributed by atoms with E-state index in [0.717, 1.165) is 17.7 Å².